The number of hydrogen-bond donors (Lipinski definition) is 1. The number of para-hydroxylation sites is 1. The van der Waals surface area contributed by atoms with E-state index in [4.69, 9.17) is 4.74 Å². The zero-order valence-electron chi connectivity index (χ0n) is 17.0. The van der Waals surface area contributed by atoms with Gasteiger partial charge in [0.2, 0.25) is 0 Å². The Hall–Kier alpha value is -4.06. The van der Waals surface area contributed by atoms with Gasteiger partial charge in [-0.2, -0.15) is 0 Å². The summed E-state index contributed by atoms with van der Waals surface area (Å²) in [6, 6.07) is 25.8. The first-order chi connectivity index (χ1) is 15.1. The first-order valence-electron chi connectivity index (χ1n) is 10.1. The molecule has 0 aliphatic carbocycles. The van der Waals surface area contributed by atoms with Gasteiger partial charge in [0, 0.05) is 12.7 Å². The average Bonchev–Trinajstić information content (AvgIpc) is 3.15. The van der Waals surface area contributed by atoms with Gasteiger partial charge in [-0.25, -0.2) is 4.79 Å². The van der Waals surface area contributed by atoms with Crippen LogP contribution in [0.4, 0.5) is 10.5 Å². The molecule has 154 valence electrons. The number of nitrogens with one attached hydrogen (secondary N) is 1. The molecule has 0 radical (unpaired) electrons. The molecule has 2 aliphatic heterocycles. The Labute approximate surface area is 180 Å². The molecule has 5 rings (SSSR count). The second-order valence-electron chi connectivity index (χ2n) is 7.51. The number of anilines is 1. The second kappa shape index (κ2) is 7.65. The molecule has 31 heavy (non-hydrogen) atoms. The quantitative estimate of drug-likeness (QED) is 0.689. The van der Waals surface area contributed by atoms with Crippen molar-refractivity contribution in [1.82, 2.24) is 10.2 Å². The molecule has 1 atom stereocenters. The molecule has 0 saturated heterocycles. The van der Waals surface area contributed by atoms with E-state index in [9.17, 15) is 9.59 Å². The van der Waals surface area contributed by atoms with Crippen molar-refractivity contribution < 1.29 is 14.3 Å². The van der Waals surface area contributed by atoms with Gasteiger partial charge in [-0.1, -0.05) is 48.5 Å². The number of likely N-dealkylation sites (N-methyl/N-ethyl adjacent to an activating group) is 1. The Morgan fingerprint density at radius 3 is 2.13 bits per heavy atom. The van der Waals surface area contributed by atoms with Gasteiger partial charge in [-0.3, -0.25) is 9.69 Å². The highest BCUT2D eigenvalue weighted by Crippen LogP contribution is 2.38. The lowest BCUT2D eigenvalue weighted by atomic mass is 9.96. The van der Waals surface area contributed by atoms with Crippen LogP contribution in [0.3, 0.4) is 0 Å². The molecule has 1 unspecified atom stereocenters. The summed E-state index contributed by atoms with van der Waals surface area (Å²) in [7, 11) is 1.69. The van der Waals surface area contributed by atoms with E-state index in [-0.39, 0.29) is 11.9 Å². The highest BCUT2D eigenvalue weighted by molar-refractivity contribution is 6.11. The van der Waals surface area contributed by atoms with Gasteiger partial charge in [0.1, 0.15) is 11.5 Å². The van der Waals surface area contributed by atoms with Crippen LogP contribution in [0.25, 0.3) is 0 Å². The number of carbonyl (C=O) groups is 2. The van der Waals surface area contributed by atoms with Gasteiger partial charge in [-0.15, -0.1) is 0 Å². The monoisotopic (exact) mass is 411 g/mol. The predicted molar refractivity (Wildman–Crippen MR) is 118 cm³/mol. The molecule has 6 nitrogen and oxygen atoms in total. The van der Waals surface area contributed by atoms with E-state index in [2.05, 4.69) is 5.32 Å². The number of amides is 3. The van der Waals surface area contributed by atoms with E-state index in [0.717, 1.165) is 22.7 Å². The Morgan fingerprint density at radius 2 is 1.45 bits per heavy atom. The van der Waals surface area contributed by atoms with E-state index >= 15 is 0 Å². The fraction of sp³-hybridized carbons (Fsp3) is 0.120. The number of hydrogen-bond acceptors (Lipinski definition) is 3. The van der Waals surface area contributed by atoms with Crippen LogP contribution in [-0.2, 0) is 4.79 Å². The maximum absolute atomic E-state index is 13.4. The van der Waals surface area contributed by atoms with Gasteiger partial charge in [0.25, 0.3) is 5.91 Å². The summed E-state index contributed by atoms with van der Waals surface area (Å²) in [5, 5.41) is 2.95. The molecule has 0 saturated carbocycles. The zero-order valence-corrected chi connectivity index (χ0v) is 17.0. The van der Waals surface area contributed by atoms with Crippen molar-refractivity contribution in [3.63, 3.8) is 0 Å². The molecule has 0 spiro atoms. The fourth-order valence-corrected chi connectivity index (χ4v) is 3.99. The van der Waals surface area contributed by atoms with Crippen molar-refractivity contribution in [3.05, 3.63) is 102 Å². The van der Waals surface area contributed by atoms with Crippen LogP contribution in [0, 0.1) is 0 Å². The lowest BCUT2D eigenvalue weighted by molar-refractivity contribution is -0.114. The highest BCUT2D eigenvalue weighted by Gasteiger charge is 2.43. The van der Waals surface area contributed by atoms with E-state index in [0.29, 0.717) is 17.9 Å². The Morgan fingerprint density at radius 1 is 0.839 bits per heavy atom. The zero-order chi connectivity index (χ0) is 21.4. The first-order valence-corrected chi connectivity index (χ1v) is 10.1. The van der Waals surface area contributed by atoms with E-state index in [1.807, 2.05) is 84.9 Å². The van der Waals surface area contributed by atoms with Gasteiger partial charge in [0.05, 0.1) is 23.9 Å². The minimum atomic E-state index is -0.460. The Kier molecular flexibility index (Phi) is 4.67. The topological polar surface area (TPSA) is 61.9 Å². The van der Waals surface area contributed by atoms with Crippen LogP contribution in [0.2, 0.25) is 0 Å². The summed E-state index contributed by atoms with van der Waals surface area (Å²) < 4.78 is 5.85. The smallest absolute Gasteiger partial charge is 0.322 e. The summed E-state index contributed by atoms with van der Waals surface area (Å²) in [6.07, 6.45) is 0. The molecular formula is C25H21N3O3. The summed E-state index contributed by atoms with van der Waals surface area (Å²) in [6.45, 7) is 0.348. The molecule has 0 fully saturated rings. The SMILES string of the molecule is CN1C(=O)NC(c2ccccc2)C2=C1CN(c1ccc(Oc3ccccc3)cc1)C2=O. The van der Waals surface area contributed by atoms with Crippen LogP contribution in [-0.4, -0.2) is 30.4 Å². The van der Waals surface area contributed by atoms with Gasteiger partial charge >= 0.3 is 6.03 Å². The molecule has 2 heterocycles. The molecule has 0 bridgehead atoms. The molecule has 6 heteroatoms. The number of rotatable bonds is 4. The third-order valence-corrected chi connectivity index (χ3v) is 5.62. The second-order valence-corrected chi connectivity index (χ2v) is 7.51. The average molecular weight is 411 g/mol. The number of carbonyl (C=O) groups excluding carboxylic acids is 2. The number of urea groups is 1. The fourth-order valence-electron chi connectivity index (χ4n) is 3.99. The third-order valence-electron chi connectivity index (χ3n) is 5.62. The summed E-state index contributed by atoms with van der Waals surface area (Å²) in [4.78, 5) is 29.2. The van der Waals surface area contributed by atoms with Crippen LogP contribution in [0.15, 0.2) is 96.2 Å². The molecule has 3 aromatic carbocycles. The van der Waals surface area contributed by atoms with Gasteiger partial charge < -0.3 is 15.0 Å². The van der Waals surface area contributed by atoms with Crippen molar-refractivity contribution in [2.45, 2.75) is 6.04 Å². The minimum absolute atomic E-state index is 0.104. The van der Waals surface area contributed by atoms with Crippen molar-refractivity contribution in [1.29, 1.82) is 0 Å². The van der Waals surface area contributed by atoms with E-state index in [1.54, 1.807) is 11.9 Å². The predicted octanol–water partition coefficient (Wildman–Crippen LogP) is 4.48. The third kappa shape index (κ3) is 3.42. The number of nitrogens with zero attached hydrogens (tertiary/aromatic N) is 2. The number of ether oxygens (including phenoxy) is 1. The highest BCUT2D eigenvalue weighted by atomic mass is 16.5. The normalized spacial score (nSPS) is 18.2. The van der Waals surface area contributed by atoms with E-state index in [1.165, 1.54) is 4.90 Å². The standard InChI is InChI=1S/C25H21N3O3/c1-27-21-16-28(18-12-14-20(15-13-18)31-19-10-6-3-7-11-19)24(29)22(21)23(26-25(27)30)17-8-4-2-5-9-17/h2-15,23H,16H2,1H3,(H,26,30). The number of benzene rings is 3. The molecule has 2 aliphatic rings. The Bertz CT molecular complexity index is 1160. The Balaban J connectivity index is 1.42. The maximum Gasteiger partial charge on any atom is 0.322 e. The van der Waals surface area contributed by atoms with Crippen LogP contribution < -0.4 is 15.0 Å². The first kappa shape index (κ1) is 18.9. The van der Waals surface area contributed by atoms with Crippen molar-refractivity contribution in [2.75, 3.05) is 18.5 Å². The van der Waals surface area contributed by atoms with Crippen molar-refractivity contribution in [2.24, 2.45) is 0 Å². The van der Waals surface area contributed by atoms with Crippen molar-refractivity contribution >= 4 is 17.6 Å². The minimum Gasteiger partial charge on any atom is -0.457 e. The summed E-state index contributed by atoms with van der Waals surface area (Å²) in [5.41, 5.74) is 2.98. The maximum atomic E-state index is 13.4. The largest absolute Gasteiger partial charge is 0.457 e. The molecular weight excluding hydrogens is 390 g/mol. The molecule has 1 N–H and O–H groups in total. The summed E-state index contributed by atoms with van der Waals surface area (Å²) in [5.74, 6) is 1.34. The van der Waals surface area contributed by atoms with Gasteiger partial charge in [0.15, 0.2) is 0 Å². The summed E-state index contributed by atoms with van der Waals surface area (Å²) >= 11 is 0. The molecule has 3 amide bonds. The van der Waals surface area contributed by atoms with E-state index < -0.39 is 6.04 Å². The van der Waals surface area contributed by atoms with Crippen molar-refractivity contribution in [3.8, 4) is 11.5 Å². The lowest BCUT2D eigenvalue weighted by Crippen LogP contribution is -2.45. The van der Waals surface area contributed by atoms with Crippen LogP contribution >= 0.6 is 0 Å². The molecule has 3 aromatic rings. The van der Waals surface area contributed by atoms with Gasteiger partial charge in [-0.05, 0) is 42.0 Å². The lowest BCUT2D eigenvalue weighted by Gasteiger charge is -2.31. The van der Waals surface area contributed by atoms with Crippen LogP contribution in [0.5, 0.6) is 11.5 Å². The molecule has 0 aromatic heterocycles. The van der Waals surface area contributed by atoms with Crippen LogP contribution in [0.1, 0.15) is 11.6 Å².